The van der Waals surface area contributed by atoms with Gasteiger partial charge in [0.15, 0.2) is 0 Å². The Morgan fingerprint density at radius 2 is 1.92 bits per heavy atom. The van der Waals surface area contributed by atoms with Crippen LogP contribution in [0.25, 0.3) is 5.69 Å². The van der Waals surface area contributed by atoms with Crippen molar-refractivity contribution in [1.82, 2.24) is 19.6 Å². The highest BCUT2D eigenvalue weighted by Gasteiger charge is 2.30. The molecule has 0 saturated carbocycles. The summed E-state index contributed by atoms with van der Waals surface area (Å²) in [6.07, 6.45) is 2.14. The van der Waals surface area contributed by atoms with Crippen molar-refractivity contribution in [2.24, 2.45) is 0 Å². The first-order valence-electron chi connectivity index (χ1n) is 7.83. The number of nitro groups is 1. The molecule has 126 valence electrons. The van der Waals surface area contributed by atoms with Crippen LogP contribution in [0.5, 0.6) is 0 Å². The zero-order valence-corrected chi connectivity index (χ0v) is 13.5. The van der Waals surface area contributed by atoms with Crippen molar-refractivity contribution in [2.45, 2.75) is 6.42 Å². The van der Waals surface area contributed by atoms with E-state index in [4.69, 9.17) is 0 Å². The topological polar surface area (TPSA) is 84.5 Å². The number of nitrogens with zero attached hydrogens (tertiary/aromatic N) is 5. The van der Waals surface area contributed by atoms with Gasteiger partial charge in [0.25, 0.3) is 5.91 Å². The van der Waals surface area contributed by atoms with Gasteiger partial charge in [0.2, 0.25) is 5.69 Å². The maximum absolute atomic E-state index is 12.8. The molecule has 0 unspecified atom stereocenters. The highest BCUT2D eigenvalue weighted by molar-refractivity contribution is 5.96. The van der Waals surface area contributed by atoms with Crippen molar-refractivity contribution in [3.63, 3.8) is 0 Å². The smallest absolute Gasteiger partial charge is 0.320 e. The first-order chi connectivity index (χ1) is 11.6. The van der Waals surface area contributed by atoms with Crippen molar-refractivity contribution in [2.75, 3.05) is 33.2 Å². The summed E-state index contributed by atoms with van der Waals surface area (Å²) < 4.78 is 1.38. The second kappa shape index (κ2) is 6.79. The Labute approximate surface area is 139 Å². The van der Waals surface area contributed by atoms with Gasteiger partial charge in [-0.1, -0.05) is 18.2 Å². The third-order valence-electron chi connectivity index (χ3n) is 4.12. The van der Waals surface area contributed by atoms with Gasteiger partial charge < -0.3 is 9.80 Å². The zero-order valence-electron chi connectivity index (χ0n) is 13.5. The minimum atomic E-state index is -0.552. The number of aromatic nitrogens is 2. The van der Waals surface area contributed by atoms with E-state index in [9.17, 15) is 14.9 Å². The van der Waals surface area contributed by atoms with Crippen LogP contribution >= 0.6 is 0 Å². The Hall–Kier alpha value is -2.74. The molecule has 8 heteroatoms. The Balaban J connectivity index is 1.93. The van der Waals surface area contributed by atoms with Crippen molar-refractivity contribution in [3.8, 4) is 5.69 Å². The lowest BCUT2D eigenvalue weighted by atomic mass is 10.3. The van der Waals surface area contributed by atoms with Crippen molar-refractivity contribution < 1.29 is 9.72 Å². The van der Waals surface area contributed by atoms with Gasteiger partial charge >= 0.3 is 5.69 Å². The van der Waals surface area contributed by atoms with Crippen LogP contribution in [-0.4, -0.2) is 63.6 Å². The van der Waals surface area contributed by atoms with Gasteiger partial charge in [-0.2, -0.15) is 5.10 Å². The van der Waals surface area contributed by atoms with Crippen LogP contribution in [0, 0.1) is 10.1 Å². The molecule has 1 amide bonds. The van der Waals surface area contributed by atoms with Crippen LogP contribution in [0.15, 0.2) is 36.5 Å². The number of hydrogen-bond donors (Lipinski definition) is 0. The van der Waals surface area contributed by atoms with Gasteiger partial charge in [-0.05, 0) is 32.1 Å². The molecule has 0 spiro atoms. The molecule has 0 N–H and O–H groups in total. The van der Waals surface area contributed by atoms with E-state index in [1.165, 1.54) is 10.9 Å². The second-order valence-corrected chi connectivity index (χ2v) is 5.85. The molecular formula is C16H19N5O3. The van der Waals surface area contributed by atoms with Crippen LogP contribution in [0.3, 0.4) is 0 Å². The van der Waals surface area contributed by atoms with E-state index >= 15 is 0 Å². The summed E-state index contributed by atoms with van der Waals surface area (Å²) in [4.78, 5) is 27.3. The van der Waals surface area contributed by atoms with E-state index in [0.717, 1.165) is 19.5 Å². The minimum Gasteiger partial charge on any atom is -0.336 e. The maximum Gasteiger partial charge on any atom is 0.320 e. The summed E-state index contributed by atoms with van der Waals surface area (Å²) in [5.74, 6) is -0.383. The van der Waals surface area contributed by atoms with Gasteiger partial charge in [-0.25, -0.2) is 4.68 Å². The molecule has 8 nitrogen and oxygen atoms in total. The summed E-state index contributed by atoms with van der Waals surface area (Å²) in [7, 11) is 2.00. The molecule has 1 aromatic carbocycles. The quantitative estimate of drug-likeness (QED) is 0.630. The van der Waals surface area contributed by atoms with Crippen molar-refractivity contribution >= 4 is 11.6 Å². The second-order valence-electron chi connectivity index (χ2n) is 5.85. The van der Waals surface area contributed by atoms with Crippen LogP contribution in [0.2, 0.25) is 0 Å². The first kappa shape index (κ1) is 16.1. The van der Waals surface area contributed by atoms with E-state index in [-0.39, 0.29) is 17.3 Å². The standard InChI is InChI=1S/C16H19N5O3/c1-18-8-5-9-19(11-10-18)16(22)15-14(21(23)24)12-20(17-15)13-6-3-2-4-7-13/h2-4,6-7,12H,5,8-11H2,1H3. The molecule has 0 aliphatic carbocycles. The Bertz CT molecular complexity index is 743. The number of carbonyl (C=O) groups is 1. The van der Waals surface area contributed by atoms with E-state index < -0.39 is 4.92 Å². The molecule has 0 radical (unpaired) electrons. The third kappa shape index (κ3) is 3.28. The monoisotopic (exact) mass is 329 g/mol. The summed E-state index contributed by atoms with van der Waals surface area (Å²) in [6.45, 7) is 2.78. The predicted molar refractivity (Wildman–Crippen MR) is 88.2 cm³/mol. The highest BCUT2D eigenvalue weighted by Crippen LogP contribution is 2.21. The lowest BCUT2D eigenvalue weighted by Crippen LogP contribution is -2.35. The summed E-state index contributed by atoms with van der Waals surface area (Å²) in [6, 6.07) is 9.04. The lowest BCUT2D eigenvalue weighted by molar-refractivity contribution is -0.385. The molecule has 0 atom stereocenters. The molecular weight excluding hydrogens is 310 g/mol. The molecule has 1 aliphatic rings. The number of rotatable bonds is 3. The van der Waals surface area contributed by atoms with E-state index in [1.807, 2.05) is 25.2 Å². The SMILES string of the molecule is CN1CCCN(C(=O)c2nn(-c3ccccc3)cc2[N+](=O)[O-])CC1. The fraction of sp³-hybridized carbons (Fsp3) is 0.375. The summed E-state index contributed by atoms with van der Waals surface area (Å²) in [5.41, 5.74) is 0.310. The predicted octanol–water partition coefficient (Wildman–Crippen LogP) is 1.56. The number of carbonyl (C=O) groups excluding carboxylic acids is 1. The fourth-order valence-electron chi connectivity index (χ4n) is 2.76. The fourth-order valence-corrected chi connectivity index (χ4v) is 2.76. The van der Waals surface area contributed by atoms with E-state index in [1.54, 1.807) is 17.0 Å². The lowest BCUT2D eigenvalue weighted by Gasteiger charge is -2.19. The molecule has 2 heterocycles. The molecule has 1 saturated heterocycles. The highest BCUT2D eigenvalue weighted by atomic mass is 16.6. The van der Waals surface area contributed by atoms with Gasteiger partial charge in [0.1, 0.15) is 6.20 Å². The van der Waals surface area contributed by atoms with Crippen molar-refractivity contribution in [1.29, 1.82) is 0 Å². The number of amides is 1. The molecule has 1 aliphatic heterocycles. The number of para-hydroxylation sites is 1. The minimum absolute atomic E-state index is 0.103. The van der Waals surface area contributed by atoms with Gasteiger partial charge in [0.05, 0.1) is 10.6 Å². The van der Waals surface area contributed by atoms with Gasteiger partial charge in [0, 0.05) is 19.6 Å². The molecule has 2 aromatic rings. The Morgan fingerprint density at radius 3 is 2.62 bits per heavy atom. The van der Waals surface area contributed by atoms with Gasteiger partial charge in [-0.15, -0.1) is 0 Å². The van der Waals surface area contributed by atoms with Crippen LogP contribution < -0.4 is 0 Å². The number of benzene rings is 1. The zero-order chi connectivity index (χ0) is 17.1. The molecule has 1 fully saturated rings. The first-order valence-corrected chi connectivity index (χ1v) is 7.83. The normalized spacial score (nSPS) is 16.0. The van der Waals surface area contributed by atoms with E-state index in [2.05, 4.69) is 10.00 Å². The number of hydrogen-bond acceptors (Lipinski definition) is 5. The van der Waals surface area contributed by atoms with Crippen LogP contribution in [0.4, 0.5) is 5.69 Å². The third-order valence-corrected chi connectivity index (χ3v) is 4.12. The van der Waals surface area contributed by atoms with Gasteiger partial charge in [-0.3, -0.25) is 14.9 Å². The molecule has 24 heavy (non-hydrogen) atoms. The number of likely N-dealkylation sites (N-methyl/N-ethyl adjacent to an activating group) is 1. The van der Waals surface area contributed by atoms with E-state index in [0.29, 0.717) is 18.8 Å². The van der Waals surface area contributed by atoms with Crippen molar-refractivity contribution in [3.05, 3.63) is 52.3 Å². The average Bonchev–Trinajstić information content (AvgIpc) is 2.92. The molecule has 0 bridgehead atoms. The molecule has 1 aromatic heterocycles. The summed E-state index contributed by atoms with van der Waals surface area (Å²) in [5, 5.41) is 15.5. The largest absolute Gasteiger partial charge is 0.336 e. The summed E-state index contributed by atoms with van der Waals surface area (Å²) >= 11 is 0. The Kier molecular flexibility index (Phi) is 4.57. The van der Waals surface area contributed by atoms with Crippen LogP contribution in [0.1, 0.15) is 16.9 Å². The van der Waals surface area contributed by atoms with Crippen LogP contribution in [-0.2, 0) is 0 Å². The maximum atomic E-state index is 12.8. The Morgan fingerprint density at radius 1 is 1.17 bits per heavy atom. The molecule has 3 rings (SSSR count). The average molecular weight is 329 g/mol.